The van der Waals surface area contributed by atoms with Gasteiger partial charge in [0, 0.05) is 24.6 Å². The van der Waals surface area contributed by atoms with Crippen molar-refractivity contribution in [1.82, 2.24) is 0 Å². The van der Waals surface area contributed by atoms with Crippen LogP contribution < -0.4 is 9.64 Å². The molecule has 0 spiro atoms. The summed E-state index contributed by atoms with van der Waals surface area (Å²) in [6, 6.07) is 11.3. The molecular formula is C18H15Cl2NO4. The fourth-order valence-corrected chi connectivity index (χ4v) is 3.00. The number of carboxylic acid groups (broad SMARTS) is 1. The lowest BCUT2D eigenvalue weighted by atomic mass is 10.1. The van der Waals surface area contributed by atoms with Crippen molar-refractivity contribution in [2.24, 2.45) is 5.92 Å². The first-order chi connectivity index (χ1) is 11.9. The second-order valence-corrected chi connectivity index (χ2v) is 6.63. The number of anilines is 1. The predicted octanol–water partition coefficient (Wildman–Crippen LogP) is 4.12. The maximum atomic E-state index is 12.2. The lowest BCUT2D eigenvalue weighted by molar-refractivity contribution is -0.117. The number of hydrogen-bond donors (Lipinski definition) is 1. The zero-order valence-corrected chi connectivity index (χ0v) is 14.6. The summed E-state index contributed by atoms with van der Waals surface area (Å²) in [5, 5.41) is 9.73. The van der Waals surface area contributed by atoms with E-state index < -0.39 is 5.97 Å². The molecule has 1 aliphatic rings. The molecule has 1 aliphatic heterocycles. The van der Waals surface area contributed by atoms with Gasteiger partial charge in [-0.1, -0.05) is 23.2 Å². The van der Waals surface area contributed by atoms with E-state index in [1.165, 1.54) is 12.1 Å². The Hall–Kier alpha value is -2.24. The number of rotatable bonds is 5. The number of nitrogens with zero attached hydrogens (tertiary/aromatic N) is 1. The molecule has 7 heteroatoms. The van der Waals surface area contributed by atoms with Crippen LogP contribution in [0.15, 0.2) is 42.5 Å². The zero-order chi connectivity index (χ0) is 18.0. The smallest absolute Gasteiger partial charge is 0.335 e. The monoisotopic (exact) mass is 379 g/mol. The molecule has 0 radical (unpaired) electrons. The van der Waals surface area contributed by atoms with Crippen LogP contribution in [0.3, 0.4) is 0 Å². The molecule has 1 amide bonds. The van der Waals surface area contributed by atoms with Crippen molar-refractivity contribution in [3.63, 3.8) is 0 Å². The van der Waals surface area contributed by atoms with Crippen molar-refractivity contribution in [1.29, 1.82) is 0 Å². The SMILES string of the molecule is O=C(O)c1ccc(OCC2CC(=O)N(c3ccc(Cl)c(Cl)c3)C2)cc1. The molecule has 0 aliphatic carbocycles. The molecule has 2 aromatic carbocycles. The Balaban J connectivity index is 1.60. The average Bonchev–Trinajstić information content (AvgIpc) is 2.96. The van der Waals surface area contributed by atoms with Crippen molar-refractivity contribution < 1.29 is 19.4 Å². The van der Waals surface area contributed by atoms with Crippen LogP contribution >= 0.6 is 23.2 Å². The molecule has 130 valence electrons. The summed E-state index contributed by atoms with van der Waals surface area (Å²) in [5.41, 5.74) is 0.918. The number of carboxylic acids is 1. The van der Waals surface area contributed by atoms with Crippen LogP contribution in [0.1, 0.15) is 16.8 Å². The van der Waals surface area contributed by atoms with Crippen LogP contribution in [0.25, 0.3) is 0 Å². The van der Waals surface area contributed by atoms with Gasteiger partial charge < -0.3 is 14.7 Å². The molecule has 0 saturated carbocycles. The number of carbonyl (C=O) groups is 2. The Morgan fingerprint density at radius 3 is 2.52 bits per heavy atom. The lowest BCUT2D eigenvalue weighted by Crippen LogP contribution is -2.25. The first kappa shape index (κ1) is 17.6. The summed E-state index contributed by atoms with van der Waals surface area (Å²) in [6.45, 7) is 0.903. The highest BCUT2D eigenvalue weighted by molar-refractivity contribution is 6.42. The van der Waals surface area contributed by atoms with Gasteiger partial charge in [-0.05, 0) is 42.5 Å². The van der Waals surface area contributed by atoms with Gasteiger partial charge >= 0.3 is 5.97 Å². The Labute approximate surface area is 154 Å². The molecule has 1 heterocycles. The van der Waals surface area contributed by atoms with E-state index in [4.69, 9.17) is 33.0 Å². The van der Waals surface area contributed by atoms with Crippen molar-refractivity contribution in [2.75, 3.05) is 18.1 Å². The topological polar surface area (TPSA) is 66.8 Å². The van der Waals surface area contributed by atoms with Gasteiger partial charge in [0.2, 0.25) is 5.91 Å². The highest BCUT2D eigenvalue weighted by atomic mass is 35.5. The summed E-state index contributed by atoms with van der Waals surface area (Å²) >= 11 is 11.9. The Kier molecular flexibility index (Phi) is 5.16. The summed E-state index contributed by atoms with van der Waals surface area (Å²) in [5.74, 6) is -0.357. The molecular weight excluding hydrogens is 365 g/mol. The van der Waals surface area contributed by atoms with E-state index in [1.54, 1.807) is 35.2 Å². The fourth-order valence-electron chi connectivity index (χ4n) is 2.70. The fraction of sp³-hybridized carbons (Fsp3) is 0.222. The Bertz CT molecular complexity index is 807. The minimum atomic E-state index is -0.981. The number of carbonyl (C=O) groups excluding carboxylic acids is 1. The first-order valence-corrected chi connectivity index (χ1v) is 8.41. The summed E-state index contributed by atoms with van der Waals surface area (Å²) in [6.07, 6.45) is 0.382. The van der Waals surface area contributed by atoms with E-state index in [-0.39, 0.29) is 17.4 Å². The van der Waals surface area contributed by atoms with Gasteiger partial charge in [0.15, 0.2) is 0 Å². The minimum Gasteiger partial charge on any atom is -0.493 e. The molecule has 1 unspecified atom stereocenters. The molecule has 5 nitrogen and oxygen atoms in total. The number of aromatic carboxylic acids is 1. The quantitative estimate of drug-likeness (QED) is 0.847. The van der Waals surface area contributed by atoms with Gasteiger partial charge in [-0.3, -0.25) is 4.79 Å². The summed E-state index contributed by atoms with van der Waals surface area (Å²) in [7, 11) is 0. The molecule has 1 N–H and O–H groups in total. The number of benzene rings is 2. The van der Waals surface area contributed by atoms with Crippen molar-refractivity contribution >= 4 is 40.8 Å². The third-order valence-electron chi connectivity index (χ3n) is 4.01. The predicted molar refractivity (Wildman–Crippen MR) is 95.8 cm³/mol. The number of ether oxygens (including phenoxy) is 1. The molecule has 0 bridgehead atoms. The Morgan fingerprint density at radius 1 is 1.16 bits per heavy atom. The van der Waals surface area contributed by atoms with Crippen molar-refractivity contribution in [3.8, 4) is 5.75 Å². The van der Waals surface area contributed by atoms with Crippen LogP contribution in [0.5, 0.6) is 5.75 Å². The number of halogens is 2. The number of amides is 1. The van der Waals surface area contributed by atoms with E-state index >= 15 is 0 Å². The molecule has 1 fully saturated rings. The molecule has 2 aromatic rings. The highest BCUT2D eigenvalue weighted by Gasteiger charge is 2.31. The van der Waals surface area contributed by atoms with Gasteiger partial charge in [-0.2, -0.15) is 0 Å². The maximum absolute atomic E-state index is 12.2. The summed E-state index contributed by atoms with van der Waals surface area (Å²) in [4.78, 5) is 24.7. The Morgan fingerprint density at radius 2 is 1.88 bits per heavy atom. The van der Waals surface area contributed by atoms with Crippen LogP contribution in [-0.4, -0.2) is 30.1 Å². The third kappa shape index (κ3) is 4.06. The maximum Gasteiger partial charge on any atom is 0.335 e. The second kappa shape index (κ2) is 7.33. The zero-order valence-electron chi connectivity index (χ0n) is 13.1. The normalized spacial score (nSPS) is 17.0. The second-order valence-electron chi connectivity index (χ2n) is 5.81. The largest absolute Gasteiger partial charge is 0.493 e. The molecule has 25 heavy (non-hydrogen) atoms. The van der Waals surface area contributed by atoms with Crippen molar-refractivity contribution in [2.45, 2.75) is 6.42 Å². The van der Waals surface area contributed by atoms with Crippen LogP contribution in [0.2, 0.25) is 10.0 Å². The number of hydrogen-bond acceptors (Lipinski definition) is 3. The van der Waals surface area contributed by atoms with E-state index in [0.29, 0.717) is 41.1 Å². The molecule has 1 atom stereocenters. The average molecular weight is 380 g/mol. The van der Waals surface area contributed by atoms with E-state index in [1.807, 2.05) is 0 Å². The van der Waals surface area contributed by atoms with Gasteiger partial charge in [-0.25, -0.2) is 4.79 Å². The molecule has 0 aromatic heterocycles. The third-order valence-corrected chi connectivity index (χ3v) is 4.75. The van der Waals surface area contributed by atoms with Crippen molar-refractivity contribution in [3.05, 3.63) is 58.1 Å². The van der Waals surface area contributed by atoms with E-state index in [0.717, 1.165) is 0 Å². The van der Waals surface area contributed by atoms with Gasteiger partial charge in [0.1, 0.15) is 5.75 Å². The van der Waals surface area contributed by atoms with Gasteiger partial charge in [-0.15, -0.1) is 0 Å². The van der Waals surface area contributed by atoms with Crippen LogP contribution in [-0.2, 0) is 4.79 Å². The highest BCUT2D eigenvalue weighted by Crippen LogP contribution is 2.31. The van der Waals surface area contributed by atoms with E-state index in [2.05, 4.69) is 0 Å². The minimum absolute atomic E-state index is 0.00761. The standard InChI is InChI=1S/C18H15Cl2NO4/c19-15-6-3-13(8-16(15)20)21-9-11(7-17(21)22)10-25-14-4-1-12(2-5-14)18(23)24/h1-6,8,11H,7,9-10H2,(H,23,24). The summed E-state index contributed by atoms with van der Waals surface area (Å²) < 4.78 is 5.68. The van der Waals surface area contributed by atoms with Gasteiger partial charge in [0.05, 0.1) is 22.2 Å². The molecule has 1 saturated heterocycles. The van der Waals surface area contributed by atoms with Crippen LogP contribution in [0.4, 0.5) is 5.69 Å². The lowest BCUT2D eigenvalue weighted by Gasteiger charge is -2.17. The van der Waals surface area contributed by atoms with Gasteiger partial charge in [0.25, 0.3) is 0 Å². The first-order valence-electron chi connectivity index (χ1n) is 7.65. The van der Waals surface area contributed by atoms with E-state index in [9.17, 15) is 9.59 Å². The molecule has 3 rings (SSSR count). The van der Waals surface area contributed by atoms with Crippen LogP contribution in [0, 0.1) is 5.92 Å².